The highest BCUT2D eigenvalue weighted by atomic mass is 32.2. The smallest absolute Gasteiger partial charge is 0.230 e. The molecule has 112 valence electrons. The fraction of sp³-hybridized carbons (Fsp3) is 0.385. The first kappa shape index (κ1) is 15.3. The number of methoxy groups -OCH3 is 1. The van der Waals surface area contributed by atoms with Crippen LogP contribution in [-0.4, -0.2) is 45.5 Å². The van der Waals surface area contributed by atoms with Gasteiger partial charge in [-0.25, -0.2) is 0 Å². The maximum atomic E-state index is 11.6. The molecule has 0 saturated carbocycles. The van der Waals surface area contributed by atoms with Gasteiger partial charge in [-0.05, 0) is 29.0 Å². The van der Waals surface area contributed by atoms with E-state index in [9.17, 15) is 4.79 Å². The summed E-state index contributed by atoms with van der Waals surface area (Å²) >= 11 is 1.29. The Hall–Kier alpha value is -2.09. The minimum atomic E-state index is -0.0311. The maximum Gasteiger partial charge on any atom is 0.230 e. The molecule has 1 aromatic heterocycles. The van der Waals surface area contributed by atoms with Crippen molar-refractivity contribution in [3.8, 4) is 11.4 Å². The van der Waals surface area contributed by atoms with Crippen LogP contribution in [0.1, 0.15) is 13.3 Å². The lowest BCUT2D eigenvalue weighted by atomic mass is 10.3. The highest BCUT2D eigenvalue weighted by Gasteiger charge is 2.14. The van der Waals surface area contributed by atoms with Gasteiger partial charge in [0, 0.05) is 6.54 Å². The number of carbonyl (C=O) groups excluding carboxylic acids is 1. The Labute approximate surface area is 127 Å². The van der Waals surface area contributed by atoms with Crippen molar-refractivity contribution >= 4 is 17.7 Å². The lowest BCUT2D eigenvalue weighted by Gasteiger charge is -2.08. The molecule has 7 nitrogen and oxygen atoms in total. The Bertz CT molecular complexity index is 602. The van der Waals surface area contributed by atoms with E-state index in [4.69, 9.17) is 4.74 Å². The van der Waals surface area contributed by atoms with Crippen molar-refractivity contribution in [2.24, 2.45) is 0 Å². The first-order valence-corrected chi connectivity index (χ1v) is 7.56. The van der Waals surface area contributed by atoms with Crippen LogP contribution in [0.2, 0.25) is 0 Å². The van der Waals surface area contributed by atoms with Crippen LogP contribution in [0.4, 0.5) is 0 Å². The van der Waals surface area contributed by atoms with Gasteiger partial charge in [0.05, 0.1) is 12.9 Å². The highest BCUT2D eigenvalue weighted by Crippen LogP contribution is 2.25. The summed E-state index contributed by atoms with van der Waals surface area (Å²) in [6.07, 6.45) is 0.912. The quantitative estimate of drug-likeness (QED) is 0.776. The van der Waals surface area contributed by atoms with Crippen molar-refractivity contribution in [2.75, 3.05) is 19.4 Å². The van der Waals surface area contributed by atoms with Crippen LogP contribution >= 0.6 is 11.8 Å². The molecule has 0 aliphatic heterocycles. The van der Waals surface area contributed by atoms with Gasteiger partial charge in [-0.1, -0.05) is 30.8 Å². The molecule has 0 fully saturated rings. The molecule has 21 heavy (non-hydrogen) atoms. The number of nitrogens with zero attached hydrogens (tertiary/aromatic N) is 4. The molecule has 1 aromatic carbocycles. The van der Waals surface area contributed by atoms with Gasteiger partial charge in [-0.2, -0.15) is 4.68 Å². The predicted octanol–water partition coefficient (Wildman–Crippen LogP) is 1.29. The Kier molecular flexibility index (Phi) is 5.56. The van der Waals surface area contributed by atoms with E-state index >= 15 is 0 Å². The summed E-state index contributed by atoms with van der Waals surface area (Å²) in [6.45, 7) is 2.69. The normalized spacial score (nSPS) is 10.4. The van der Waals surface area contributed by atoms with Crippen LogP contribution in [-0.2, 0) is 4.79 Å². The van der Waals surface area contributed by atoms with E-state index in [1.165, 1.54) is 11.8 Å². The molecule has 0 spiro atoms. The van der Waals surface area contributed by atoms with Crippen molar-refractivity contribution in [1.29, 1.82) is 0 Å². The summed E-state index contributed by atoms with van der Waals surface area (Å²) < 4.78 is 6.86. The van der Waals surface area contributed by atoms with E-state index in [1.807, 2.05) is 31.2 Å². The van der Waals surface area contributed by atoms with E-state index in [-0.39, 0.29) is 11.7 Å². The van der Waals surface area contributed by atoms with Crippen LogP contribution in [0.15, 0.2) is 29.4 Å². The van der Waals surface area contributed by atoms with Gasteiger partial charge < -0.3 is 10.1 Å². The molecule has 0 aliphatic rings. The van der Waals surface area contributed by atoms with Crippen LogP contribution in [0, 0.1) is 0 Å². The number of benzene rings is 1. The number of amides is 1. The van der Waals surface area contributed by atoms with Gasteiger partial charge in [0.1, 0.15) is 11.4 Å². The monoisotopic (exact) mass is 307 g/mol. The molecular formula is C13H17N5O2S. The van der Waals surface area contributed by atoms with Crippen molar-refractivity contribution in [1.82, 2.24) is 25.5 Å². The fourth-order valence-electron chi connectivity index (χ4n) is 1.67. The third-order valence-electron chi connectivity index (χ3n) is 2.66. The molecule has 2 rings (SSSR count). The van der Waals surface area contributed by atoms with E-state index in [0.29, 0.717) is 17.5 Å². The lowest BCUT2D eigenvalue weighted by molar-refractivity contribution is -0.118. The number of carbonyl (C=O) groups is 1. The second-order valence-electron chi connectivity index (χ2n) is 4.18. The molecule has 0 saturated heterocycles. The summed E-state index contributed by atoms with van der Waals surface area (Å²) in [6, 6.07) is 7.44. The zero-order chi connectivity index (χ0) is 15.1. The molecule has 1 heterocycles. The Morgan fingerprint density at radius 2 is 2.24 bits per heavy atom. The van der Waals surface area contributed by atoms with Gasteiger partial charge in [-0.15, -0.1) is 5.10 Å². The lowest BCUT2D eigenvalue weighted by Crippen LogP contribution is -2.25. The van der Waals surface area contributed by atoms with Crippen LogP contribution < -0.4 is 10.1 Å². The second-order valence-corrected chi connectivity index (χ2v) is 5.13. The molecule has 0 radical (unpaired) electrons. The summed E-state index contributed by atoms with van der Waals surface area (Å²) in [5, 5.41) is 14.9. The minimum Gasteiger partial charge on any atom is -0.494 e. The zero-order valence-electron chi connectivity index (χ0n) is 11.9. The van der Waals surface area contributed by atoms with Gasteiger partial charge >= 0.3 is 0 Å². The highest BCUT2D eigenvalue weighted by molar-refractivity contribution is 7.99. The third-order valence-corrected chi connectivity index (χ3v) is 3.58. The summed E-state index contributed by atoms with van der Waals surface area (Å²) in [5.74, 6) is 0.911. The van der Waals surface area contributed by atoms with E-state index in [2.05, 4.69) is 20.8 Å². The second kappa shape index (κ2) is 7.63. The first-order valence-electron chi connectivity index (χ1n) is 6.57. The molecular weight excluding hydrogens is 290 g/mol. The number of ether oxygens (including phenoxy) is 1. The summed E-state index contributed by atoms with van der Waals surface area (Å²) in [5.41, 5.74) is 0.737. The molecule has 8 heteroatoms. The number of hydrogen-bond acceptors (Lipinski definition) is 6. The van der Waals surface area contributed by atoms with Gasteiger partial charge in [-0.3, -0.25) is 4.79 Å². The van der Waals surface area contributed by atoms with Crippen molar-refractivity contribution in [2.45, 2.75) is 18.5 Å². The minimum absolute atomic E-state index is 0.0311. The van der Waals surface area contributed by atoms with E-state index in [0.717, 1.165) is 12.1 Å². The molecule has 0 unspecified atom stereocenters. The maximum absolute atomic E-state index is 11.6. The number of aromatic nitrogens is 4. The van der Waals surface area contributed by atoms with Crippen molar-refractivity contribution < 1.29 is 9.53 Å². The Morgan fingerprint density at radius 3 is 3.00 bits per heavy atom. The molecule has 2 aromatic rings. The van der Waals surface area contributed by atoms with Gasteiger partial charge in [0.2, 0.25) is 11.1 Å². The number of tetrazole rings is 1. The standard InChI is InChI=1S/C13H17N5O2S/c1-3-8-14-12(19)9-21-13-15-16-17-18(13)10-6-4-5-7-11(10)20-2/h4-7H,3,8-9H2,1-2H3,(H,14,19). The number of thioether (sulfide) groups is 1. The van der Waals surface area contributed by atoms with Crippen LogP contribution in [0.25, 0.3) is 5.69 Å². The van der Waals surface area contributed by atoms with Crippen LogP contribution in [0.3, 0.4) is 0 Å². The van der Waals surface area contributed by atoms with Gasteiger partial charge in [0.25, 0.3) is 0 Å². The Morgan fingerprint density at radius 1 is 1.43 bits per heavy atom. The fourth-order valence-corrected chi connectivity index (χ4v) is 2.38. The number of para-hydroxylation sites is 2. The molecule has 1 amide bonds. The Balaban J connectivity index is 2.10. The number of hydrogen-bond donors (Lipinski definition) is 1. The molecule has 0 aliphatic carbocycles. The van der Waals surface area contributed by atoms with E-state index < -0.39 is 0 Å². The largest absolute Gasteiger partial charge is 0.494 e. The molecule has 0 atom stereocenters. The van der Waals surface area contributed by atoms with Crippen LogP contribution in [0.5, 0.6) is 5.75 Å². The summed E-state index contributed by atoms with van der Waals surface area (Å²) in [7, 11) is 1.59. The van der Waals surface area contributed by atoms with Gasteiger partial charge in [0.15, 0.2) is 0 Å². The number of nitrogens with one attached hydrogen (secondary N) is 1. The zero-order valence-corrected chi connectivity index (χ0v) is 12.8. The topological polar surface area (TPSA) is 81.9 Å². The molecule has 0 bridgehead atoms. The first-order chi connectivity index (χ1) is 10.3. The SMILES string of the molecule is CCCNC(=O)CSc1nnnn1-c1ccccc1OC. The third kappa shape index (κ3) is 3.94. The molecule has 1 N–H and O–H groups in total. The van der Waals surface area contributed by atoms with Crippen molar-refractivity contribution in [3.63, 3.8) is 0 Å². The predicted molar refractivity (Wildman–Crippen MR) is 79.7 cm³/mol. The van der Waals surface area contributed by atoms with Crippen molar-refractivity contribution in [3.05, 3.63) is 24.3 Å². The summed E-state index contributed by atoms with van der Waals surface area (Å²) in [4.78, 5) is 11.6. The van der Waals surface area contributed by atoms with E-state index in [1.54, 1.807) is 11.8 Å². The average molecular weight is 307 g/mol. The number of rotatable bonds is 7. The average Bonchev–Trinajstić information content (AvgIpc) is 2.99.